The van der Waals surface area contributed by atoms with Crippen LogP contribution >= 0.6 is 35.0 Å². The zero-order chi connectivity index (χ0) is 13.9. The molecule has 100 valence electrons. The van der Waals surface area contributed by atoms with Crippen LogP contribution in [-0.2, 0) is 14.8 Å². The fourth-order valence-corrected chi connectivity index (χ4v) is 2.75. The lowest BCUT2D eigenvalue weighted by Gasteiger charge is -2.10. The molecule has 0 aliphatic carbocycles. The highest BCUT2D eigenvalue weighted by Crippen LogP contribution is 2.33. The zero-order valence-electron chi connectivity index (χ0n) is 9.24. The van der Waals surface area contributed by atoms with Crippen molar-refractivity contribution >= 4 is 56.6 Å². The number of nitrogens with one attached hydrogen (secondary N) is 1. The van der Waals surface area contributed by atoms with Crippen molar-refractivity contribution in [2.75, 3.05) is 17.3 Å². The molecule has 0 radical (unpaired) electrons. The first-order valence-electron chi connectivity index (χ1n) is 4.56. The van der Waals surface area contributed by atoms with Crippen LogP contribution in [0.4, 0.5) is 5.69 Å². The van der Waals surface area contributed by atoms with Crippen molar-refractivity contribution < 1.29 is 13.2 Å². The van der Waals surface area contributed by atoms with E-state index in [1.165, 1.54) is 11.8 Å². The summed E-state index contributed by atoms with van der Waals surface area (Å²) in [4.78, 5) is 11.2. The Balaban J connectivity index is 3.13. The van der Waals surface area contributed by atoms with Crippen LogP contribution in [0, 0.1) is 0 Å². The van der Waals surface area contributed by atoms with Gasteiger partial charge >= 0.3 is 0 Å². The summed E-state index contributed by atoms with van der Waals surface area (Å²) in [7, 11) is -3.89. The highest BCUT2D eigenvalue weighted by molar-refractivity contribution is 7.99. The highest BCUT2D eigenvalue weighted by Gasteiger charge is 2.16. The molecule has 1 amide bonds. The second-order valence-electron chi connectivity index (χ2n) is 3.29. The molecule has 0 bridgehead atoms. The van der Waals surface area contributed by atoms with Crippen molar-refractivity contribution in [2.45, 2.75) is 4.90 Å². The van der Waals surface area contributed by atoms with E-state index in [1.807, 2.05) is 0 Å². The Bertz CT molecular complexity index is 552. The molecule has 0 unspecified atom stereocenters. The fraction of sp³-hybridized carbons (Fsp3) is 0.222. The summed E-state index contributed by atoms with van der Waals surface area (Å²) in [5, 5.41) is 7.49. The van der Waals surface area contributed by atoms with Crippen LogP contribution < -0.4 is 10.5 Å². The van der Waals surface area contributed by atoms with Crippen molar-refractivity contribution in [2.24, 2.45) is 5.14 Å². The van der Waals surface area contributed by atoms with Crippen molar-refractivity contribution in [1.82, 2.24) is 0 Å². The number of nitrogens with two attached hydrogens (primary N) is 1. The lowest BCUT2D eigenvalue weighted by Crippen LogP contribution is -2.16. The van der Waals surface area contributed by atoms with Crippen molar-refractivity contribution in [3.8, 4) is 0 Å². The maximum absolute atomic E-state index is 11.4. The minimum Gasteiger partial charge on any atom is -0.323 e. The van der Waals surface area contributed by atoms with E-state index in [0.29, 0.717) is 0 Å². The highest BCUT2D eigenvalue weighted by atomic mass is 35.5. The first-order chi connectivity index (χ1) is 8.25. The van der Waals surface area contributed by atoms with Gasteiger partial charge in [0.05, 0.1) is 26.4 Å². The molecule has 5 nitrogen and oxygen atoms in total. The first-order valence-corrected chi connectivity index (χ1v) is 8.26. The third-order valence-electron chi connectivity index (χ3n) is 1.88. The van der Waals surface area contributed by atoms with Crippen LogP contribution in [0.5, 0.6) is 0 Å². The first kappa shape index (κ1) is 15.6. The Morgan fingerprint density at radius 2 is 1.89 bits per heavy atom. The average Bonchev–Trinajstić information content (AvgIpc) is 2.22. The van der Waals surface area contributed by atoms with E-state index < -0.39 is 10.0 Å². The number of benzene rings is 1. The van der Waals surface area contributed by atoms with Gasteiger partial charge in [-0.3, -0.25) is 4.79 Å². The van der Waals surface area contributed by atoms with E-state index >= 15 is 0 Å². The summed E-state index contributed by atoms with van der Waals surface area (Å²) in [6.45, 7) is 0. The third-order valence-corrected chi connectivity index (χ3v) is 3.92. The van der Waals surface area contributed by atoms with Gasteiger partial charge in [0.2, 0.25) is 15.9 Å². The molecule has 0 spiro atoms. The second-order valence-corrected chi connectivity index (χ2v) is 6.53. The van der Waals surface area contributed by atoms with Crippen molar-refractivity contribution in [3.63, 3.8) is 0 Å². The largest absolute Gasteiger partial charge is 0.323 e. The normalized spacial score (nSPS) is 11.3. The predicted octanol–water partition coefficient (Wildman–Crippen LogP) is 1.94. The van der Waals surface area contributed by atoms with Crippen LogP contribution in [-0.4, -0.2) is 26.3 Å². The fourth-order valence-electron chi connectivity index (χ4n) is 1.14. The van der Waals surface area contributed by atoms with Crippen LogP contribution in [0.3, 0.4) is 0 Å². The monoisotopic (exact) mass is 328 g/mol. The molecule has 0 fully saturated rings. The third kappa shape index (κ3) is 4.03. The lowest BCUT2D eigenvalue weighted by atomic mass is 10.3. The van der Waals surface area contributed by atoms with Crippen LogP contribution in [0.15, 0.2) is 17.0 Å². The number of amides is 1. The molecule has 3 N–H and O–H groups in total. The van der Waals surface area contributed by atoms with Gasteiger partial charge in [0.1, 0.15) is 0 Å². The van der Waals surface area contributed by atoms with Crippen molar-refractivity contribution in [3.05, 3.63) is 22.2 Å². The second kappa shape index (κ2) is 6.12. The molecule has 1 aromatic rings. The molecule has 0 aliphatic heterocycles. The molecular formula is C9H10Cl2N2O3S2. The van der Waals surface area contributed by atoms with Gasteiger partial charge < -0.3 is 5.32 Å². The molecule has 1 rings (SSSR count). The Morgan fingerprint density at radius 3 is 2.28 bits per heavy atom. The van der Waals surface area contributed by atoms with E-state index in [9.17, 15) is 13.2 Å². The molecule has 0 saturated heterocycles. The molecule has 1 aromatic carbocycles. The average molecular weight is 329 g/mol. The maximum atomic E-state index is 11.4. The Kier molecular flexibility index (Phi) is 5.30. The molecule has 0 heterocycles. The zero-order valence-corrected chi connectivity index (χ0v) is 12.4. The van der Waals surface area contributed by atoms with Gasteiger partial charge in [-0.1, -0.05) is 23.2 Å². The van der Waals surface area contributed by atoms with Crippen LogP contribution in [0.25, 0.3) is 0 Å². The molecule has 9 heteroatoms. The number of sulfonamides is 1. The van der Waals surface area contributed by atoms with Gasteiger partial charge in [0, 0.05) is 0 Å². The van der Waals surface area contributed by atoms with Gasteiger partial charge in [-0.15, -0.1) is 0 Å². The van der Waals surface area contributed by atoms with E-state index in [-0.39, 0.29) is 32.3 Å². The Morgan fingerprint density at radius 1 is 1.39 bits per heavy atom. The van der Waals surface area contributed by atoms with E-state index in [2.05, 4.69) is 5.32 Å². The smallest absolute Gasteiger partial charge is 0.238 e. The van der Waals surface area contributed by atoms with E-state index in [4.69, 9.17) is 28.3 Å². The Hall–Kier alpha value is -0.470. The number of primary sulfonamides is 1. The standard InChI is InChI=1S/C9H10Cl2N2O3S2/c1-17-4-8(14)13-9-6(10)2-5(3-7(9)11)18(12,15)16/h2-3H,4H2,1H3,(H,13,14)(H2,12,15,16). The van der Waals surface area contributed by atoms with Gasteiger partial charge in [0.25, 0.3) is 0 Å². The minimum absolute atomic E-state index is 0.0148. The number of hydrogen-bond acceptors (Lipinski definition) is 4. The Labute approximate surface area is 119 Å². The number of carbonyl (C=O) groups excluding carboxylic acids is 1. The number of anilines is 1. The summed E-state index contributed by atoms with van der Waals surface area (Å²) in [5.74, 6) is -0.0430. The summed E-state index contributed by atoms with van der Waals surface area (Å²) in [5.41, 5.74) is 0.171. The summed E-state index contributed by atoms with van der Waals surface area (Å²) < 4.78 is 22.3. The number of thioether (sulfide) groups is 1. The molecule has 0 atom stereocenters. The van der Waals surface area contributed by atoms with Crippen molar-refractivity contribution in [1.29, 1.82) is 0 Å². The number of rotatable bonds is 4. The van der Waals surface area contributed by atoms with E-state index in [0.717, 1.165) is 12.1 Å². The minimum atomic E-state index is -3.89. The summed E-state index contributed by atoms with van der Waals surface area (Å²) in [6, 6.07) is 2.27. The molecule has 18 heavy (non-hydrogen) atoms. The van der Waals surface area contributed by atoms with Gasteiger partial charge in [-0.2, -0.15) is 11.8 Å². The van der Waals surface area contributed by atoms with E-state index in [1.54, 1.807) is 6.26 Å². The van der Waals surface area contributed by atoms with Crippen LogP contribution in [0.1, 0.15) is 0 Å². The summed E-state index contributed by atoms with van der Waals surface area (Å²) >= 11 is 13.1. The number of halogens is 2. The molecule has 0 saturated carbocycles. The van der Waals surface area contributed by atoms with Gasteiger partial charge in [-0.25, -0.2) is 13.6 Å². The molecule has 0 aliphatic rings. The topological polar surface area (TPSA) is 89.3 Å². The quantitative estimate of drug-likeness (QED) is 0.883. The number of hydrogen-bond donors (Lipinski definition) is 2. The lowest BCUT2D eigenvalue weighted by molar-refractivity contribution is -0.113. The maximum Gasteiger partial charge on any atom is 0.238 e. The van der Waals surface area contributed by atoms with Gasteiger partial charge in [-0.05, 0) is 18.4 Å². The SMILES string of the molecule is CSCC(=O)Nc1c(Cl)cc(S(N)(=O)=O)cc1Cl. The number of carbonyl (C=O) groups is 1. The van der Waals surface area contributed by atoms with Gasteiger partial charge in [0.15, 0.2) is 0 Å². The predicted molar refractivity (Wildman–Crippen MR) is 74.8 cm³/mol. The molecule has 0 aromatic heterocycles. The molecular weight excluding hydrogens is 319 g/mol. The van der Waals surface area contributed by atoms with Crippen LogP contribution in [0.2, 0.25) is 10.0 Å². The summed E-state index contributed by atoms with van der Waals surface area (Å²) in [6.07, 6.45) is 1.77.